The van der Waals surface area contributed by atoms with Gasteiger partial charge < -0.3 is 19.9 Å². The fourth-order valence-corrected chi connectivity index (χ4v) is 4.10. The zero-order chi connectivity index (χ0) is 19.7. The number of aromatic amines is 1. The molecule has 2 atom stereocenters. The Balaban J connectivity index is 1.63. The van der Waals surface area contributed by atoms with E-state index >= 15 is 0 Å². The summed E-state index contributed by atoms with van der Waals surface area (Å²) in [7, 11) is 1.29. The first kappa shape index (κ1) is 19.9. The maximum Gasteiger partial charge on any atom is 0.349 e. The minimum atomic E-state index is -1.31. The van der Waals surface area contributed by atoms with Gasteiger partial charge in [-0.05, 0) is 13.3 Å². The highest BCUT2D eigenvalue weighted by Crippen LogP contribution is 2.30. The third-order valence-electron chi connectivity index (χ3n) is 4.29. The summed E-state index contributed by atoms with van der Waals surface area (Å²) in [5, 5.41) is 3.60. The molecule has 1 aliphatic heterocycles. The van der Waals surface area contributed by atoms with Crippen molar-refractivity contribution in [2.75, 3.05) is 25.1 Å². The summed E-state index contributed by atoms with van der Waals surface area (Å²) in [6.07, 6.45) is 0.482. The number of nitrogens with zero attached hydrogens (tertiary/aromatic N) is 2. The average Bonchev–Trinajstić information content (AvgIpc) is 3.24. The van der Waals surface area contributed by atoms with Crippen LogP contribution in [0.2, 0.25) is 10.0 Å². The maximum absolute atomic E-state index is 14.6. The molecule has 2 aromatic heterocycles. The van der Waals surface area contributed by atoms with Crippen LogP contribution in [0.25, 0.3) is 0 Å². The van der Waals surface area contributed by atoms with Gasteiger partial charge in [0.2, 0.25) is 0 Å². The van der Waals surface area contributed by atoms with Crippen molar-refractivity contribution in [3.05, 3.63) is 32.5 Å². The van der Waals surface area contributed by atoms with E-state index in [0.717, 1.165) is 11.3 Å². The number of H-pyrrole nitrogens is 1. The maximum atomic E-state index is 14.6. The molecule has 0 aliphatic carbocycles. The number of aryl methyl sites for hydroxylation is 1. The number of alkyl halides is 1. The van der Waals surface area contributed by atoms with E-state index in [-0.39, 0.29) is 22.3 Å². The number of hydrogen-bond acceptors (Lipinski definition) is 6. The van der Waals surface area contributed by atoms with Crippen LogP contribution in [0.3, 0.4) is 0 Å². The van der Waals surface area contributed by atoms with Gasteiger partial charge in [0.15, 0.2) is 5.13 Å². The second-order valence-corrected chi connectivity index (χ2v) is 7.85. The molecule has 0 saturated carbocycles. The number of piperidine rings is 1. The standard InChI is InChI=1S/C16H17Cl2FN4O3S/c1-7-11(17)12(18)13(21-7)14(24)22-9-3-4-23(6-8(9)19)16-20-5-10(27-16)15(25)26-2/h5,8-9,21H,3-4,6H2,1-2H3,(H,22,24)/t8-,9-/m1/s1. The number of halogens is 3. The Labute approximate surface area is 168 Å². The van der Waals surface area contributed by atoms with Crippen molar-refractivity contribution in [3.63, 3.8) is 0 Å². The molecule has 146 valence electrons. The Morgan fingerprint density at radius 1 is 1.44 bits per heavy atom. The van der Waals surface area contributed by atoms with Crippen LogP contribution in [-0.4, -0.2) is 54.3 Å². The molecule has 0 aromatic carbocycles. The molecule has 1 amide bonds. The Morgan fingerprint density at radius 3 is 2.78 bits per heavy atom. The average molecular weight is 435 g/mol. The van der Waals surface area contributed by atoms with Gasteiger partial charge in [-0.2, -0.15) is 0 Å². The van der Waals surface area contributed by atoms with Crippen LogP contribution < -0.4 is 10.2 Å². The number of esters is 1. The lowest BCUT2D eigenvalue weighted by atomic mass is 10.0. The molecule has 27 heavy (non-hydrogen) atoms. The van der Waals surface area contributed by atoms with Crippen molar-refractivity contribution in [3.8, 4) is 0 Å². The number of hydrogen-bond donors (Lipinski definition) is 2. The van der Waals surface area contributed by atoms with Crippen LogP contribution in [0.4, 0.5) is 9.52 Å². The number of thiazole rings is 1. The molecule has 1 fully saturated rings. The predicted molar refractivity (Wildman–Crippen MR) is 102 cm³/mol. The van der Waals surface area contributed by atoms with Gasteiger partial charge >= 0.3 is 5.97 Å². The number of nitrogens with one attached hydrogen (secondary N) is 2. The second-order valence-electron chi connectivity index (χ2n) is 6.08. The number of carbonyl (C=O) groups is 2. The smallest absolute Gasteiger partial charge is 0.349 e. The van der Waals surface area contributed by atoms with Crippen LogP contribution in [0.5, 0.6) is 0 Å². The Morgan fingerprint density at radius 2 is 2.19 bits per heavy atom. The number of aromatic nitrogens is 2. The fourth-order valence-electron chi connectivity index (χ4n) is 2.82. The molecule has 3 rings (SSSR count). The summed E-state index contributed by atoms with van der Waals surface area (Å²) in [6, 6.07) is -0.660. The van der Waals surface area contributed by atoms with Crippen LogP contribution in [-0.2, 0) is 4.74 Å². The van der Waals surface area contributed by atoms with E-state index in [1.54, 1.807) is 11.8 Å². The van der Waals surface area contributed by atoms with Crippen LogP contribution in [0.15, 0.2) is 6.20 Å². The largest absolute Gasteiger partial charge is 0.465 e. The van der Waals surface area contributed by atoms with Crippen LogP contribution in [0, 0.1) is 6.92 Å². The highest BCUT2D eigenvalue weighted by molar-refractivity contribution is 7.17. The van der Waals surface area contributed by atoms with Crippen LogP contribution in [0.1, 0.15) is 32.3 Å². The first-order chi connectivity index (χ1) is 12.8. The molecule has 11 heteroatoms. The summed E-state index contributed by atoms with van der Waals surface area (Å²) >= 11 is 13.1. The molecular formula is C16H17Cl2FN4O3S. The van der Waals surface area contributed by atoms with E-state index in [1.807, 2.05) is 0 Å². The van der Waals surface area contributed by atoms with Crippen molar-refractivity contribution < 1.29 is 18.7 Å². The lowest BCUT2D eigenvalue weighted by molar-refractivity contribution is 0.0606. The number of amides is 1. The van der Waals surface area contributed by atoms with E-state index in [9.17, 15) is 14.0 Å². The van der Waals surface area contributed by atoms with Gasteiger partial charge in [-0.3, -0.25) is 4.79 Å². The van der Waals surface area contributed by atoms with Crippen molar-refractivity contribution in [2.24, 2.45) is 0 Å². The van der Waals surface area contributed by atoms with E-state index in [4.69, 9.17) is 23.2 Å². The van der Waals surface area contributed by atoms with Gasteiger partial charge in [0.05, 0.1) is 35.9 Å². The quantitative estimate of drug-likeness (QED) is 0.721. The molecule has 7 nitrogen and oxygen atoms in total. The molecule has 0 bridgehead atoms. The van der Waals surface area contributed by atoms with Crippen molar-refractivity contribution in [1.82, 2.24) is 15.3 Å². The van der Waals surface area contributed by atoms with Gasteiger partial charge in [-0.1, -0.05) is 34.5 Å². The molecule has 3 heterocycles. The fraction of sp³-hybridized carbons (Fsp3) is 0.438. The molecule has 2 N–H and O–H groups in total. The normalized spacial score (nSPS) is 19.8. The number of anilines is 1. The third-order valence-corrected chi connectivity index (χ3v) is 6.27. The summed E-state index contributed by atoms with van der Waals surface area (Å²) < 4.78 is 19.3. The predicted octanol–water partition coefficient (Wildman–Crippen LogP) is 3.22. The van der Waals surface area contributed by atoms with E-state index in [2.05, 4.69) is 20.0 Å². The Hall–Kier alpha value is -1.84. The molecule has 2 aromatic rings. The third kappa shape index (κ3) is 4.04. The minimum absolute atomic E-state index is 0.0529. The molecule has 0 unspecified atom stereocenters. The highest BCUT2D eigenvalue weighted by atomic mass is 35.5. The zero-order valence-electron chi connectivity index (χ0n) is 14.5. The summed E-state index contributed by atoms with van der Waals surface area (Å²) in [5.74, 6) is -0.979. The summed E-state index contributed by atoms with van der Waals surface area (Å²) in [4.78, 5) is 33.0. The molecule has 0 spiro atoms. The van der Waals surface area contributed by atoms with E-state index < -0.39 is 24.1 Å². The summed E-state index contributed by atoms with van der Waals surface area (Å²) in [6.45, 7) is 2.23. The first-order valence-electron chi connectivity index (χ1n) is 8.09. The number of rotatable bonds is 4. The Kier molecular flexibility index (Phi) is 5.92. The molecular weight excluding hydrogens is 418 g/mol. The van der Waals surface area contributed by atoms with Crippen molar-refractivity contribution in [1.29, 1.82) is 0 Å². The van der Waals surface area contributed by atoms with E-state index in [1.165, 1.54) is 13.3 Å². The van der Waals surface area contributed by atoms with Gasteiger partial charge in [0, 0.05) is 12.2 Å². The lowest BCUT2D eigenvalue weighted by Crippen LogP contribution is -2.52. The zero-order valence-corrected chi connectivity index (χ0v) is 16.8. The van der Waals surface area contributed by atoms with E-state index in [0.29, 0.717) is 28.7 Å². The molecule has 0 radical (unpaired) electrons. The van der Waals surface area contributed by atoms with Crippen LogP contribution >= 0.6 is 34.5 Å². The highest BCUT2D eigenvalue weighted by Gasteiger charge is 2.33. The first-order valence-corrected chi connectivity index (χ1v) is 9.66. The minimum Gasteiger partial charge on any atom is -0.465 e. The molecule has 1 saturated heterocycles. The SMILES string of the molecule is COC(=O)c1cnc(N2CC[C@@H](NC(=O)c3[nH]c(C)c(Cl)c3Cl)[C@H](F)C2)s1. The lowest BCUT2D eigenvalue weighted by Gasteiger charge is -2.34. The number of ether oxygens (including phenoxy) is 1. The number of carbonyl (C=O) groups excluding carboxylic acids is 2. The van der Waals surface area contributed by atoms with Crippen molar-refractivity contribution >= 4 is 51.5 Å². The van der Waals surface area contributed by atoms with Crippen molar-refractivity contribution in [2.45, 2.75) is 25.6 Å². The van der Waals surface area contributed by atoms with Gasteiger partial charge in [0.1, 0.15) is 16.7 Å². The Bertz CT molecular complexity index is 872. The van der Waals surface area contributed by atoms with Gasteiger partial charge in [0.25, 0.3) is 5.91 Å². The molecule has 1 aliphatic rings. The topological polar surface area (TPSA) is 87.3 Å². The van der Waals surface area contributed by atoms with Gasteiger partial charge in [-0.15, -0.1) is 0 Å². The number of methoxy groups -OCH3 is 1. The van der Waals surface area contributed by atoms with Gasteiger partial charge in [-0.25, -0.2) is 14.2 Å². The monoisotopic (exact) mass is 434 g/mol. The summed E-state index contributed by atoms with van der Waals surface area (Å²) in [5.41, 5.74) is 0.694. The second kappa shape index (κ2) is 8.04.